The number of benzene rings is 1. The van der Waals surface area contributed by atoms with Crippen molar-refractivity contribution in [1.82, 2.24) is 14.5 Å². The van der Waals surface area contributed by atoms with Gasteiger partial charge in [0.1, 0.15) is 6.17 Å². The summed E-state index contributed by atoms with van der Waals surface area (Å²) in [5, 5.41) is 4.61. The zero-order chi connectivity index (χ0) is 21.1. The predicted molar refractivity (Wildman–Crippen MR) is 117 cm³/mol. The van der Waals surface area contributed by atoms with Crippen LogP contribution in [0.25, 0.3) is 0 Å². The molecule has 6 nitrogen and oxygen atoms in total. The van der Waals surface area contributed by atoms with Crippen LogP contribution in [0.3, 0.4) is 0 Å². The number of rotatable bonds is 4. The van der Waals surface area contributed by atoms with Gasteiger partial charge in [-0.15, -0.1) is 9.36 Å². The first-order chi connectivity index (χ1) is 13.6. The summed E-state index contributed by atoms with van der Waals surface area (Å²) in [5.41, 5.74) is 4.53. The van der Waals surface area contributed by atoms with E-state index in [9.17, 15) is 0 Å². The second-order valence-corrected chi connectivity index (χ2v) is 8.89. The second-order valence-electron chi connectivity index (χ2n) is 8.89. The largest absolute Gasteiger partial charge is 0.339 e. The van der Waals surface area contributed by atoms with Crippen molar-refractivity contribution in [2.45, 2.75) is 59.3 Å². The molecule has 1 aliphatic heterocycles. The molecular weight excluding hydrogens is 360 g/mol. The molecule has 0 saturated carbocycles. The maximum absolute atomic E-state index is 4.61. The number of nitrogens with zero attached hydrogens (tertiary/aromatic N) is 6. The van der Waals surface area contributed by atoms with Crippen molar-refractivity contribution in [2.75, 3.05) is 9.80 Å². The quantitative estimate of drug-likeness (QED) is 0.624. The molecule has 0 spiro atoms. The number of para-hydroxylation sites is 2. The second kappa shape index (κ2) is 6.65. The summed E-state index contributed by atoms with van der Waals surface area (Å²) < 4.78 is 6.54. The van der Waals surface area contributed by atoms with Gasteiger partial charge in [0.15, 0.2) is 18.1 Å². The third kappa shape index (κ3) is 2.84. The van der Waals surface area contributed by atoms with Gasteiger partial charge in [-0.25, -0.2) is 0 Å². The molecule has 1 aliphatic rings. The number of aromatic nitrogens is 4. The summed E-state index contributed by atoms with van der Waals surface area (Å²) in [6, 6.07) is 13.5. The molecule has 29 heavy (non-hydrogen) atoms. The van der Waals surface area contributed by atoms with E-state index in [1.165, 1.54) is 22.9 Å². The minimum Gasteiger partial charge on any atom is -0.339 e. The zero-order valence-corrected chi connectivity index (χ0v) is 18.9. The van der Waals surface area contributed by atoms with Crippen LogP contribution in [0.15, 0.2) is 42.6 Å². The number of fused-ring (bicyclic) bond motifs is 1. The lowest BCUT2D eigenvalue weighted by Gasteiger charge is -2.41. The molecule has 2 aromatic heterocycles. The smallest absolute Gasteiger partial charge is 0.198 e. The molecule has 0 amide bonds. The number of hydrogen-bond acceptors (Lipinski definition) is 3. The van der Waals surface area contributed by atoms with E-state index in [2.05, 4.69) is 115 Å². The maximum atomic E-state index is 4.61. The van der Waals surface area contributed by atoms with Gasteiger partial charge < -0.3 is 9.80 Å². The van der Waals surface area contributed by atoms with Gasteiger partial charge in [0.25, 0.3) is 0 Å². The number of anilines is 3. The lowest BCUT2D eigenvalue weighted by molar-refractivity contribution is -0.789. The average molecular weight is 394 g/mol. The van der Waals surface area contributed by atoms with Gasteiger partial charge in [-0.3, -0.25) is 4.68 Å². The topological polar surface area (TPSA) is 33.1 Å². The standard InChI is InChI=1S/C23H33N6/c1-16(2)27-14-13-22(26(27)8)28-18(4)29(20-12-10-9-11-19(20)28)23(5,6)21-15-17(3)24-25(21)7/h9-16,18H,1-8H3/q+1/t18-/m1/s1. The Hall–Kier alpha value is -2.76. The first kappa shape index (κ1) is 19.6. The van der Waals surface area contributed by atoms with Crippen molar-refractivity contribution in [2.24, 2.45) is 14.1 Å². The van der Waals surface area contributed by atoms with Gasteiger partial charge in [-0.05, 0) is 59.7 Å². The van der Waals surface area contributed by atoms with Crippen LogP contribution in [0.2, 0.25) is 0 Å². The van der Waals surface area contributed by atoms with Gasteiger partial charge in [-0.2, -0.15) is 5.10 Å². The summed E-state index contributed by atoms with van der Waals surface area (Å²) >= 11 is 0. The third-order valence-electron chi connectivity index (χ3n) is 6.21. The Bertz CT molecular complexity index is 1040. The molecule has 3 heterocycles. The van der Waals surface area contributed by atoms with Crippen LogP contribution in [-0.4, -0.2) is 20.6 Å². The van der Waals surface area contributed by atoms with E-state index in [4.69, 9.17) is 0 Å². The summed E-state index contributed by atoms with van der Waals surface area (Å²) in [6.07, 6.45) is 2.33. The van der Waals surface area contributed by atoms with E-state index >= 15 is 0 Å². The first-order valence-electron chi connectivity index (χ1n) is 10.4. The molecule has 4 rings (SSSR count). The highest BCUT2D eigenvalue weighted by Crippen LogP contribution is 2.49. The summed E-state index contributed by atoms with van der Waals surface area (Å²) in [5.74, 6) is 1.19. The van der Waals surface area contributed by atoms with Crippen LogP contribution < -0.4 is 14.5 Å². The Labute approximate surface area is 173 Å². The molecule has 0 bridgehead atoms. The van der Waals surface area contributed by atoms with Gasteiger partial charge in [0.05, 0.1) is 41.4 Å². The molecule has 0 saturated heterocycles. The number of aryl methyl sites for hydroxylation is 2. The van der Waals surface area contributed by atoms with Gasteiger partial charge in [0, 0.05) is 7.05 Å². The van der Waals surface area contributed by atoms with E-state index in [0.29, 0.717) is 6.04 Å². The monoisotopic (exact) mass is 393 g/mol. The van der Waals surface area contributed by atoms with E-state index in [-0.39, 0.29) is 11.7 Å². The molecule has 0 aliphatic carbocycles. The normalized spacial score (nSPS) is 16.8. The zero-order valence-electron chi connectivity index (χ0n) is 18.9. The Balaban J connectivity index is 1.86. The van der Waals surface area contributed by atoms with E-state index in [0.717, 1.165) is 5.69 Å². The number of hydrogen-bond donors (Lipinski definition) is 0. The Morgan fingerprint density at radius 3 is 2.28 bits per heavy atom. The fourth-order valence-electron chi connectivity index (χ4n) is 5.00. The lowest BCUT2D eigenvalue weighted by Crippen LogP contribution is -2.51. The van der Waals surface area contributed by atoms with Gasteiger partial charge in [0.2, 0.25) is 0 Å². The van der Waals surface area contributed by atoms with Gasteiger partial charge >= 0.3 is 0 Å². The van der Waals surface area contributed by atoms with Crippen LogP contribution >= 0.6 is 0 Å². The highest BCUT2D eigenvalue weighted by molar-refractivity contribution is 5.83. The Kier molecular flexibility index (Phi) is 4.48. The van der Waals surface area contributed by atoms with E-state index in [1.54, 1.807) is 0 Å². The van der Waals surface area contributed by atoms with Crippen LogP contribution in [0.1, 0.15) is 52.0 Å². The van der Waals surface area contributed by atoms with Crippen molar-refractivity contribution in [3.05, 3.63) is 54.0 Å². The predicted octanol–water partition coefficient (Wildman–Crippen LogP) is 4.17. The van der Waals surface area contributed by atoms with E-state index < -0.39 is 0 Å². The fourth-order valence-corrected chi connectivity index (χ4v) is 5.00. The molecule has 6 heteroatoms. The molecule has 0 radical (unpaired) electrons. The SMILES string of the molecule is Cc1cc(C(C)(C)N2c3ccccc3N(c3cc[n+](C(C)C)n3C)[C@H]2C)n(C)n1. The molecular formula is C23H33N6+. The fraction of sp³-hybridized carbons (Fsp3) is 0.478. The summed E-state index contributed by atoms with van der Waals surface area (Å²) in [4.78, 5) is 4.96. The summed E-state index contributed by atoms with van der Waals surface area (Å²) in [6.45, 7) is 13.4. The van der Waals surface area contributed by atoms with Crippen LogP contribution in [0.5, 0.6) is 0 Å². The van der Waals surface area contributed by atoms with Gasteiger partial charge in [-0.1, -0.05) is 12.1 Å². The molecule has 1 aromatic carbocycles. The first-order valence-corrected chi connectivity index (χ1v) is 10.4. The van der Waals surface area contributed by atoms with E-state index in [1.807, 2.05) is 11.7 Å². The molecule has 1 atom stereocenters. The highest BCUT2D eigenvalue weighted by Gasteiger charge is 2.44. The molecule has 154 valence electrons. The van der Waals surface area contributed by atoms with Crippen molar-refractivity contribution in [3.8, 4) is 0 Å². The van der Waals surface area contributed by atoms with Crippen LogP contribution in [0, 0.1) is 6.92 Å². The molecule has 0 N–H and O–H groups in total. The third-order valence-corrected chi connectivity index (χ3v) is 6.21. The molecule has 0 fully saturated rings. The van der Waals surface area contributed by atoms with Crippen molar-refractivity contribution < 1.29 is 4.68 Å². The van der Waals surface area contributed by atoms with Crippen LogP contribution in [-0.2, 0) is 19.6 Å². The lowest BCUT2D eigenvalue weighted by atomic mass is 9.96. The Morgan fingerprint density at radius 1 is 1.07 bits per heavy atom. The highest BCUT2D eigenvalue weighted by atomic mass is 15.5. The average Bonchev–Trinajstić information content (AvgIpc) is 3.27. The molecule has 3 aromatic rings. The Morgan fingerprint density at radius 2 is 1.72 bits per heavy atom. The minimum atomic E-state index is -0.223. The summed E-state index contributed by atoms with van der Waals surface area (Å²) in [7, 11) is 4.18. The molecule has 0 unspecified atom stereocenters. The van der Waals surface area contributed by atoms with Crippen molar-refractivity contribution in [1.29, 1.82) is 0 Å². The van der Waals surface area contributed by atoms with Crippen molar-refractivity contribution in [3.63, 3.8) is 0 Å². The van der Waals surface area contributed by atoms with Crippen molar-refractivity contribution >= 4 is 17.2 Å². The minimum absolute atomic E-state index is 0.159. The van der Waals surface area contributed by atoms with Crippen LogP contribution in [0.4, 0.5) is 17.2 Å². The maximum Gasteiger partial charge on any atom is 0.198 e.